The molecule has 0 aromatic heterocycles. The third kappa shape index (κ3) is 5.60. The molecule has 3 atom stereocenters. The van der Waals surface area contributed by atoms with E-state index in [1.54, 1.807) is 42.5 Å². The van der Waals surface area contributed by atoms with Crippen LogP contribution in [0.3, 0.4) is 0 Å². The Morgan fingerprint density at radius 3 is 2.27 bits per heavy atom. The molecule has 0 amide bonds. The molecular formula is C20H20F2O7S. The molecule has 1 unspecified atom stereocenters. The van der Waals surface area contributed by atoms with Crippen LogP contribution in [0, 0.1) is 0 Å². The molecule has 0 radical (unpaired) electrons. The van der Waals surface area contributed by atoms with Crippen molar-refractivity contribution < 1.29 is 40.4 Å². The maximum atomic E-state index is 14.8. The van der Waals surface area contributed by atoms with Gasteiger partial charge >= 0.3 is 11.9 Å². The van der Waals surface area contributed by atoms with Crippen LogP contribution in [0.2, 0.25) is 0 Å². The maximum absolute atomic E-state index is 14.8. The van der Waals surface area contributed by atoms with Crippen LogP contribution in [0.4, 0.5) is 8.78 Å². The van der Waals surface area contributed by atoms with Gasteiger partial charge in [-0.15, -0.1) is 0 Å². The molecule has 0 bridgehead atoms. The fourth-order valence-corrected chi connectivity index (χ4v) is 3.35. The van der Waals surface area contributed by atoms with Gasteiger partial charge in [0.05, 0.1) is 25.0 Å². The molecule has 2 aromatic rings. The first-order chi connectivity index (χ1) is 14.2. The van der Waals surface area contributed by atoms with Gasteiger partial charge in [-0.05, 0) is 17.7 Å². The number of hydrogen-bond acceptors (Lipinski definition) is 7. The van der Waals surface area contributed by atoms with Gasteiger partial charge in [-0.2, -0.15) is 17.2 Å². The number of halogens is 2. The normalized spacial score (nSPS) is 23.2. The lowest BCUT2D eigenvalue weighted by Gasteiger charge is -2.23. The monoisotopic (exact) mass is 442 g/mol. The lowest BCUT2D eigenvalue weighted by Crippen LogP contribution is -2.45. The van der Waals surface area contributed by atoms with Crippen molar-refractivity contribution in [3.05, 3.63) is 71.8 Å². The fraction of sp³-hybridized carbons (Fsp3) is 0.350. The zero-order valence-electron chi connectivity index (χ0n) is 15.9. The van der Waals surface area contributed by atoms with E-state index in [1.165, 1.54) is 12.1 Å². The number of ether oxygens (including phenoxy) is 3. The molecule has 3 rings (SSSR count). The summed E-state index contributed by atoms with van der Waals surface area (Å²) in [6, 6.07) is 16.5. The Bertz CT molecular complexity index is 952. The molecule has 2 aromatic carbocycles. The lowest BCUT2D eigenvalue weighted by atomic mass is 10.1. The number of esters is 1. The van der Waals surface area contributed by atoms with Crippen LogP contribution >= 0.6 is 0 Å². The molecule has 0 saturated carbocycles. The SMILES string of the molecule is CS(=O)(=O)OC1O[C@H](COCc2ccccc2)[C@@H](OC(=O)c2ccccc2)C1(F)F. The summed E-state index contributed by atoms with van der Waals surface area (Å²) in [6.07, 6.45) is -5.36. The highest BCUT2D eigenvalue weighted by molar-refractivity contribution is 7.86. The van der Waals surface area contributed by atoms with E-state index >= 15 is 0 Å². The van der Waals surface area contributed by atoms with Crippen molar-refractivity contribution in [1.29, 1.82) is 0 Å². The Morgan fingerprint density at radius 2 is 1.67 bits per heavy atom. The van der Waals surface area contributed by atoms with Crippen molar-refractivity contribution in [2.75, 3.05) is 12.9 Å². The minimum atomic E-state index is -4.26. The highest BCUT2D eigenvalue weighted by Crippen LogP contribution is 2.40. The van der Waals surface area contributed by atoms with Gasteiger partial charge in [-0.25, -0.2) is 8.98 Å². The van der Waals surface area contributed by atoms with E-state index in [1.807, 2.05) is 6.07 Å². The smallest absolute Gasteiger partial charge is 0.338 e. The zero-order chi connectivity index (χ0) is 21.8. The number of carbonyl (C=O) groups excluding carboxylic acids is 1. The van der Waals surface area contributed by atoms with Crippen LogP contribution in [0.15, 0.2) is 60.7 Å². The molecule has 0 N–H and O–H groups in total. The van der Waals surface area contributed by atoms with Gasteiger partial charge < -0.3 is 14.2 Å². The number of rotatable bonds is 8. The predicted molar refractivity (Wildman–Crippen MR) is 101 cm³/mol. The van der Waals surface area contributed by atoms with Crippen LogP contribution in [-0.2, 0) is 35.1 Å². The minimum Gasteiger partial charge on any atom is -0.449 e. The highest BCUT2D eigenvalue weighted by atomic mass is 32.2. The second kappa shape index (κ2) is 9.17. The highest BCUT2D eigenvalue weighted by Gasteiger charge is 2.63. The lowest BCUT2D eigenvalue weighted by molar-refractivity contribution is -0.183. The average molecular weight is 442 g/mol. The van der Waals surface area contributed by atoms with Gasteiger partial charge in [-0.1, -0.05) is 48.5 Å². The van der Waals surface area contributed by atoms with Crippen LogP contribution in [0.25, 0.3) is 0 Å². The van der Waals surface area contributed by atoms with Crippen molar-refractivity contribution in [2.24, 2.45) is 0 Å². The molecule has 30 heavy (non-hydrogen) atoms. The summed E-state index contributed by atoms with van der Waals surface area (Å²) >= 11 is 0. The molecule has 7 nitrogen and oxygen atoms in total. The van der Waals surface area contributed by atoms with Crippen LogP contribution < -0.4 is 0 Å². The summed E-state index contributed by atoms with van der Waals surface area (Å²) in [5.41, 5.74) is 0.855. The van der Waals surface area contributed by atoms with Crippen molar-refractivity contribution in [1.82, 2.24) is 0 Å². The number of carbonyl (C=O) groups is 1. The van der Waals surface area contributed by atoms with Crippen LogP contribution in [0.5, 0.6) is 0 Å². The van der Waals surface area contributed by atoms with E-state index in [9.17, 15) is 22.0 Å². The van der Waals surface area contributed by atoms with Crippen LogP contribution in [-0.4, -0.2) is 51.7 Å². The van der Waals surface area contributed by atoms with Crippen molar-refractivity contribution >= 4 is 16.1 Å². The first kappa shape index (κ1) is 22.3. The summed E-state index contributed by atoms with van der Waals surface area (Å²) in [4.78, 5) is 12.3. The molecule has 1 aliphatic heterocycles. The van der Waals surface area contributed by atoms with Gasteiger partial charge in [-0.3, -0.25) is 0 Å². The topological polar surface area (TPSA) is 88.1 Å². The van der Waals surface area contributed by atoms with E-state index in [0.29, 0.717) is 6.26 Å². The zero-order valence-corrected chi connectivity index (χ0v) is 16.8. The average Bonchev–Trinajstić information content (AvgIpc) is 2.92. The number of hydrogen-bond donors (Lipinski definition) is 0. The molecule has 0 spiro atoms. The molecule has 1 saturated heterocycles. The van der Waals surface area contributed by atoms with E-state index in [4.69, 9.17) is 14.2 Å². The van der Waals surface area contributed by atoms with Gasteiger partial charge in [0.2, 0.25) is 6.29 Å². The first-order valence-electron chi connectivity index (χ1n) is 8.96. The Labute approximate surface area is 172 Å². The van der Waals surface area contributed by atoms with Crippen LogP contribution in [0.1, 0.15) is 15.9 Å². The number of benzene rings is 2. The van der Waals surface area contributed by atoms with Crippen molar-refractivity contribution in [3.63, 3.8) is 0 Å². The first-order valence-corrected chi connectivity index (χ1v) is 10.8. The summed E-state index contributed by atoms with van der Waals surface area (Å²) < 4.78 is 72.3. The van der Waals surface area contributed by atoms with E-state index in [-0.39, 0.29) is 18.8 Å². The van der Waals surface area contributed by atoms with E-state index in [2.05, 4.69) is 4.18 Å². The molecule has 1 fully saturated rings. The van der Waals surface area contributed by atoms with Gasteiger partial charge in [0.25, 0.3) is 10.1 Å². The van der Waals surface area contributed by atoms with Gasteiger partial charge in [0, 0.05) is 0 Å². The van der Waals surface area contributed by atoms with E-state index < -0.39 is 40.5 Å². The van der Waals surface area contributed by atoms with Gasteiger partial charge in [0.1, 0.15) is 6.10 Å². The standard InChI is InChI=1S/C20H20F2O7S/c1-30(24,25)29-19-20(21,22)17(28-18(23)15-10-6-3-7-11-15)16(27-19)13-26-12-14-8-4-2-5-9-14/h2-11,16-17,19H,12-13H2,1H3/t16-,17-,19?/m1/s1. The van der Waals surface area contributed by atoms with Crippen molar-refractivity contribution in [2.45, 2.75) is 31.0 Å². The third-order valence-electron chi connectivity index (χ3n) is 4.23. The molecule has 0 aliphatic carbocycles. The summed E-state index contributed by atoms with van der Waals surface area (Å²) in [6.45, 7) is -0.274. The van der Waals surface area contributed by atoms with Crippen molar-refractivity contribution in [3.8, 4) is 0 Å². The summed E-state index contributed by atoms with van der Waals surface area (Å²) in [5, 5.41) is 0. The quantitative estimate of drug-likeness (QED) is 0.459. The Balaban J connectivity index is 1.75. The molecular weight excluding hydrogens is 422 g/mol. The second-order valence-corrected chi connectivity index (χ2v) is 8.27. The summed E-state index contributed by atoms with van der Waals surface area (Å²) in [7, 11) is -4.26. The van der Waals surface area contributed by atoms with E-state index in [0.717, 1.165) is 5.56 Å². The minimum absolute atomic E-state index is 0.0599. The third-order valence-corrected chi connectivity index (χ3v) is 4.75. The molecule has 1 aliphatic rings. The predicted octanol–water partition coefficient (Wildman–Crippen LogP) is 2.77. The maximum Gasteiger partial charge on any atom is 0.338 e. The van der Waals surface area contributed by atoms with Gasteiger partial charge in [0.15, 0.2) is 6.10 Å². The Kier molecular flexibility index (Phi) is 6.81. The Morgan fingerprint density at radius 1 is 1.07 bits per heavy atom. The Hall–Kier alpha value is -2.40. The second-order valence-electron chi connectivity index (χ2n) is 6.67. The largest absolute Gasteiger partial charge is 0.449 e. The summed E-state index contributed by atoms with van der Waals surface area (Å²) in [5.74, 6) is -4.93. The molecule has 1 heterocycles. The molecule has 162 valence electrons. The molecule has 10 heteroatoms. The number of alkyl halides is 2. The fourth-order valence-electron chi connectivity index (χ4n) is 2.85.